The van der Waals surface area contributed by atoms with Gasteiger partial charge in [-0.25, -0.2) is 0 Å². The maximum atomic E-state index is 11.8. The molecule has 0 aromatic heterocycles. The third kappa shape index (κ3) is 3.94. The summed E-state index contributed by atoms with van der Waals surface area (Å²) in [5, 5.41) is 3.13. The first-order chi connectivity index (χ1) is 7.93. The average Bonchev–Trinajstić information content (AvgIpc) is 2.29. The summed E-state index contributed by atoms with van der Waals surface area (Å²) in [4.78, 5) is 12.2. The van der Waals surface area contributed by atoms with Gasteiger partial charge in [0.25, 0.3) is 5.91 Å². The van der Waals surface area contributed by atoms with Gasteiger partial charge in [0.2, 0.25) is 0 Å². The number of benzene rings is 1. The van der Waals surface area contributed by atoms with E-state index in [1.165, 1.54) is 0 Å². The van der Waals surface area contributed by atoms with Gasteiger partial charge < -0.3 is 11.1 Å². The van der Waals surface area contributed by atoms with Crippen molar-refractivity contribution < 1.29 is 4.79 Å². The molecule has 0 radical (unpaired) electrons. The molecule has 0 aliphatic rings. The molecule has 0 saturated carbocycles. The minimum absolute atomic E-state index is 0.0418. The highest BCUT2D eigenvalue weighted by molar-refractivity contribution is 9.10. The Bertz CT molecular complexity index is 453. The van der Waals surface area contributed by atoms with Gasteiger partial charge in [-0.1, -0.05) is 36.8 Å². The van der Waals surface area contributed by atoms with Crippen LogP contribution in [0.5, 0.6) is 0 Å². The normalized spacial score (nSPS) is 11.9. The van der Waals surface area contributed by atoms with E-state index in [9.17, 15) is 4.79 Å². The molecule has 17 heavy (non-hydrogen) atoms. The number of amides is 1. The second-order valence-corrected chi connectivity index (χ2v) is 5.32. The smallest absolute Gasteiger partial charge is 0.252 e. The number of hydrogen-bond donors (Lipinski definition) is 2. The SMILES string of the molecule is CC(CNC(=O)c1cccc(Br)c1Cl)C(N)=S. The van der Waals surface area contributed by atoms with E-state index in [0.717, 1.165) is 0 Å². The fraction of sp³-hybridized carbons (Fsp3) is 0.273. The lowest BCUT2D eigenvalue weighted by atomic mass is 10.1. The zero-order valence-corrected chi connectivity index (χ0v) is 12.3. The van der Waals surface area contributed by atoms with E-state index in [-0.39, 0.29) is 11.8 Å². The first-order valence-electron chi connectivity index (χ1n) is 4.95. The molecule has 0 fully saturated rings. The van der Waals surface area contributed by atoms with Crippen molar-refractivity contribution in [1.29, 1.82) is 0 Å². The highest BCUT2D eigenvalue weighted by atomic mass is 79.9. The predicted octanol–water partition coefficient (Wildman–Crippen LogP) is 2.75. The minimum Gasteiger partial charge on any atom is -0.393 e. The third-order valence-electron chi connectivity index (χ3n) is 2.25. The lowest BCUT2D eigenvalue weighted by Gasteiger charge is -2.11. The third-order valence-corrected chi connectivity index (χ3v) is 3.95. The van der Waals surface area contributed by atoms with Crippen molar-refractivity contribution in [3.63, 3.8) is 0 Å². The summed E-state index contributed by atoms with van der Waals surface area (Å²) in [7, 11) is 0. The number of nitrogens with one attached hydrogen (secondary N) is 1. The number of nitrogens with two attached hydrogens (primary N) is 1. The number of carbonyl (C=O) groups is 1. The van der Waals surface area contributed by atoms with Gasteiger partial charge in [0.1, 0.15) is 0 Å². The number of hydrogen-bond acceptors (Lipinski definition) is 2. The van der Waals surface area contributed by atoms with Crippen molar-refractivity contribution in [3.8, 4) is 0 Å². The van der Waals surface area contributed by atoms with Crippen molar-refractivity contribution >= 4 is 50.6 Å². The van der Waals surface area contributed by atoms with Crippen LogP contribution in [-0.2, 0) is 0 Å². The number of carbonyl (C=O) groups excluding carboxylic acids is 1. The van der Waals surface area contributed by atoms with Crippen molar-refractivity contribution in [2.45, 2.75) is 6.92 Å². The Kier molecular flexibility index (Phi) is 5.36. The Hall–Kier alpha value is -0.650. The Morgan fingerprint density at radius 2 is 2.29 bits per heavy atom. The van der Waals surface area contributed by atoms with Gasteiger partial charge in [0.05, 0.1) is 15.6 Å². The highest BCUT2D eigenvalue weighted by Crippen LogP contribution is 2.25. The van der Waals surface area contributed by atoms with Gasteiger partial charge in [0, 0.05) is 16.9 Å². The monoisotopic (exact) mass is 334 g/mol. The van der Waals surface area contributed by atoms with Crippen LogP contribution in [0.25, 0.3) is 0 Å². The largest absolute Gasteiger partial charge is 0.393 e. The van der Waals surface area contributed by atoms with Gasteiger partial charge in [-0.15, -0.1) is 0 Å². The first-order valence-corrected chi connectivity index (χ1v) is 6.53. The van der Waals surface area contributed by atoms with E-state index >= 15 is 0 Å². The molecule has 0 saturated heterocycles. The van der Waals surface area contributed by atoms with E-state index in [2.05, 4.69) is 21.2 Å². The topological polar surface area (TPSA) is 55.1 Å². The van der Waals surface area contributed by atoms with Crippen LogP contribution in [0.2, 0.25) is 5.02 Å². The molecule has 1 unspecified atom stereocenters. The highest BCUT2D eigenvalue weighted by Gasteiger charge is 2.13. The quantitative estimate of drug-likeness (QED) is 0.832. The van der Waals surface area contributed by atoms with Crippen molar-refractivity contribution in [2.75, 3.05) is 6.54 Å². The molecule has 0 heterocycles. The van der Waals surface area contributed by atoms with Crippen LogP contribution in [-0.4, -0.2) is 17.4 Å². The van der Waals surface area contributed by atoms with Crippen LogP contribution in [0.1, 0.15) is 17.3 Å². The summed E-state index contributed by atoms with van der Waals surface area (Å²) >= 11 is 14.1. The average molecular weight is 336 g/mol. The van der Waals surface area contributed by atoms with Crippen LogP contribution in [0.15, 0.2) is 22.7 Å². The molecular weight excluding hydrogens is 324 g/mol. The molecule has 0 spiro atoms. The Morgan fingerprint density at radius 1 is 1.65 bits per heavy atom. The standard InChI is InChI=1S/C11H12BrClN2OS/c1-6(10(14)17)5-15-11(16)7-3-2-4-8(12)9(7)13/h2-4,6H,5H2,1H3,(H2,14,17)(H,15,16). The van der Waals surface area contributed by atoms with Crippen molar-refractivity contribution in [2.24, 2.45) is 11.7 Å². The molecule has 1 amide bonds. The molecule has 1 aromatic rings. The molecule has 1 rings (SSSR count). The summed E-state index contributed by atoms with van der Waals surface area (Å²) in [6.45, 7) is 2.25. The predicted molar refractivity (Wildman–Crippen MR) is 77.4 cm³/mol. The lowest BCUT2D eigenvalue weighted by Crippen LogP contribution is -2.33. The number of rotatable bonds is 4. The molecule has 0 aliphatic carbocycles. The van der Waals surface area contributed by atoms with Gasteiger partial charge in [-0.05, 0) is 28.1 Å². The van der Waals surface area contributed by atoms with Gasteiger partial charge in [-0.2, -0.15) is 0 Å². The molecular formula is C11H12BrClN2OS. The van der Waals surface area contributed by atoms with E-state index < -0.39 is 0 Å². The maximum Gasteiger partial charge on any atom is 0.252 e. The minimum atomic E-state index is -0.237. The van der Waals surface area contributed by atoms with Gasteiger partial charge in [-0.3, -0.25) is 4.79 Å². The first kappa shape index (κ1) is 14.4. The second kappa shape index (κ2) is 6.33. The number of thiocarbonyl (C=S) groups is 1. The maximum absolute atomic E-state index is 11.8. The molecule has 3 nitrogen and oxygen atoms in total. The number of halogens is 2. The molecule has 1 atom stereocenters. The van der Waals surface area contributed by atoms with Crippen LogP contribution >= 0.6 is 39.7 Å². The molecule has 0 bridgehead atoms. The van der Waals surface area contributed by atoms with E-state index in [4.69, 9.17) is 29.6 Å². The molecule has 0 aliphatic heterocycles. The second-order valence-electron chi connectivity index (χ2n) is 3.61. The Balaban J connectivity index is 2.71. The van der Waals surface area contributed by atoms with E-state index in [0.29, 0.717) is 26.6 Å². The summed E-state index contributed by atoms with van der Waals surface area (Å²) < 4.78 is 0.689. The van der Waals surface area contributed by atoms with Crippen LogP contribution in [0, 0.1) is 5.92 Å². The zero-order valence-electron chi connectivity index (χ0n) is 9.17. The zero-order chi connectivity index (χ0) is 13.0. The fourth-order valence-electron chi connectivity index (χ4n) is 1.12. The molecule has 92 valence electrons. The summed E-state index contributed by atoms with van der Waals surface area (Å²) in [6, 6.07) is 5.19. The lowest BCUT2D eigenvalue weighted by molar-refractivity contribution is 0.0951. The van der Waals surface area contributed by atoms with Crippen LogP contribution < -0.4 is 11.1 Å². The summed E-state index contributed by atoms with van der Waals surface area (Å²) in [5.41, 5.74) is 5.89. The Labute approximate surface area is 119 Å². The van der Waals surface area contributed by atoms with Gasteiger partial charge in [0.15, 0.2) is 0 Å². The van der Waals surface area contributed by atoms with Crippen LogP contribution in [0.4, 0.5) is 0 Å². The molecule has 1 aromatic carbocycles. The van der Waals surface area contributed by atoms with E-state index in [1.807, 2.05) is 6.92 Å². The fourth-order valence-corrected chi connectivity index (χ4v) is 1.78. The summed E-state index contributed by atoms with van der Waals surface area (Å²) in [6.07, 6.45) is 0. The van der Waals surface area contributed by atoms with Crippen molar-refractivity contribution in [1.82, 2.24) is 5.32 Å². The van der Waals surface area contributed by atoms with Gasteiger partial charge >= 0.3 is 0 Å². The van der Waals surface area contributed by atoms with Crippen molar-refractivity contribution in [3.05, 3.63) is 33.3 Å². The molecule has 6 heteroatoms. The van der Waals surface area contributed by atoms with E-state index in [1.54, 1.807) is 18.2 Å². The van der Waals surface area contributed by atoms with Crippen LogP contribution in [0.3, 0.4) is 0 Å². The molecule has 3 N–H and O–H groups in total. The summed E-state index contributed by atoms with van der Waals surface area (Å²) in [5.74, 6) is -0.278. The Morgan fingerprint density at radius 3 is 2.88 bits per heavy atom.